The third-order valence-corrected chi connectivity index (χ3v) is 6.57. The van der Waals surface area contributed by atoms with Gasteiger partial charge in [0, 0.05) is 16.2 Å². The van der Waals surface area contributed by atoms with Gasteiger partial charge in [-0.15, -0.1) is 16.9 Å². The predicted molar refractivity (Wildman–Crippen MR) is 123 cm³/mol. The summed E-state index contributed by atoms with van der Waals surface area (Å²) in [4.78, 5) is 14.6. The number of aliphatic hydroxyl groups excluding tert-OH is 2. The predicted octanol–water partition coefficient (Wildman–Crippen LogP) is 4.10. The van der Waals surface area contributed by atoms with Crippen molar-refractivity contribution in [3.05, 3.63) is 50.9 Å². The molecule has 3 rings (SSSR count). The summed E-state index contributed by atoms with van der Waals surface area (Å²) in [6.45, 7) is 5.63. The molecule has 0 aliphatic carbocycles. The van der Waals surface area contributed by atoms with Gasteiger partial charge in [-0.2, -0.15) is 0 Å². The second kappa shape index (κ2) is 9.56. The number of fused-ring (bicyclic) bond motifs is 1. The Bertz CT molecular complexity index is 1110. The first-order valence-electron chi connectivity index (χ1n) is 10.1. The van der Waals surface area contributed by atoms with Crippen LogP contribution in [0.2, 0.25) is 5.02 Å². The Balaban J connectivity index is 2.35. The second-order valence-corrected chi connectivity index (χ2v) is 8.72. The molecule has 0 fully saturated rings. The maximum atomic E-state index is 13.6. The lowest BCUT2D eigenvalue weighted by molar-refractivity contribution is 0.0805. The molecule has 0 aliphatic rings. The van der Waals surface area contributed by atoms with Crippen molar-refractivity contribution in [1.82, 2.24) is 14.2 Å². The number of halogens is 1. The van der Waals surface area contributed by atoms with Crippen LogP contribution in [0.1, 0.15) is 43.9 Å². The number of aryl methyl sites for hydroxylation is 1. The van der Waals surface area contributed by atoms with Crippen molar-refractivity contribution in [2.45, 2.75) is 57.1 Å². The minimum atomic E-state index is -1.08. The number of aromatic nitrogens is 3. The molecule has 0 radical (unpaired) electrons. The van der Waals surface area contributed by atoms with Crippen LogP contribution in [-0.2, 0) is 6.54 Å². The third-order valence-electron chi connectivity index (χ3n) is 5.53. The number of benzene rings is 1. The SMILES string of the molecule is CCC(CC)c1cc(C)n2nc(-c3ccc(SC)cc3Cl)n(C[C@H](O)CO)c(=O)c12. The number of rotatable bonds is 8. The molecule has 2 aromatic heterocycles. The van der Waals surface area contributed by atoms with E-state index in [1.807, 2.05) is 37.4 Å². The Morgan fingerprint density at radius 1 is 1.23 bits per heavy atom. The minimum absolute atomic E-state index is 0.0681. The molecule has 8 heteroatoms. The average Bonchev–Trinajstić information content (AvgIpc) is 3.07. The molecule has 0 unspecified atom stereocenters. The van der Waals surface area contributed by atoms with Gasteiger partial charge in [-0.25, -0.2) is 4.52 Å². The zero-order chi connectivity index (χ0) is 22.0. The largest absolute Gasteiger partial charge is 0.394 e. The quantitative estimate of drug-likeness (QED) is 0.506. The summed E-state index contributed by atoms with van der Waals surface area (Å²) in [7, 11) is 0. The Labute approximate surface area is 185 Å². The van der Waals surface area contributed by atoms with Crippen LogP contribution in [0.25, 0.3) is 16.9 Å². The highest BCUT2D eigenvalue weighted by atomic mass is 35.5. The Kier molecular flexibility index (Phi) is 7.29. The zero-order valence-corrected chi connectivity index (χ0v) is 19.3. The van der Waals surface area contributed by atoms with E-state index in [2.05, 4.69) is 13.8 Å². The van der Waals surface area contributed by atoms with Crippen LogP contribution in [0, 0.1) is 6.92 Å². The van der Waals surface area contributed by atoms with Gasteiger partial charge >= 0.3 is 0 Å². The van der Waals surface area contributed by atoms with E-state index in [0.29, 0.717) is 21.9 Å². The Hall–Kier alpha value is -1.80. The van der Waals surface area contributed by atoms with Crippen molar-refractivity contribution < 1.29 is 10.2 Å². The van der Waals surface area contributed by atoms with Gasteiger partial charge in [0.05, 0.1) is 24.3 Å². The maximum absolute atomic E-state index is 13.6. The molecule has 0 bridgehead atoms. The van der Waals surface area contributed by atoms with Gasteiger partial charge in [0.2, 0.25) is 0 Å². The van der Waals surface area contributed by atoms with E-state index in [1.54, 1.807) is 16.3 Å². The van der Waals surface area contributed by atoms with E-state index in [4.69, 9.17) is 16.7 Å². The highest BCUT2D eigenvalue weighted by molar-refractivity contribution is 7.98. The summed E-state index contributed by atoms with van der Waals surface area (Å²) in [5, 5.41) is 24.8. The van der Waals surface area contributed by atoms with Gasteiger partial charge in [0.1, 0.15) is 5.52 Å². The molecule has 6 nitrogen and oxygen atoms in total. The molecule has 0 spiro atoms. The first kappa shape index (κ1) is 22.9. The summed E-state index contributed by atoms with van der Waals surface area (Å²) in [5.74, 6) is 0.613. The molecule has 0 aliphatic heterocycles. The van der Waals surface area contributed by atoms with Crippen LogP contribution >= 0.6 is 23.4 Å². The number of aliphatic hydroxyl groups is 2. The molecule has 2 heterocycles. The summed E-state index contributed by atoms with van der Waals surface area (Å²) < 4.78 is 3.12. The lowest BCUT2D eigenvalue weighted by Crippen LogP contribution is -2.32. The highest BCUT2D eigenvalue weighted by Gasteiger charge is 2.23. The third kappa shape index (κ3) is 4.17. The average molecular weight is 450 g/mol. The van der Waals surface area contributed by atoms with Gasteiger partial charge in [-0.05, 0) is 61.8 Å². The number of hydrogen-bond acceptors (Lipinski definition) is 5. The van der Waals surface area contributed by atoms with Gasteiger partial charge in [0.25, 0.3) is 5.56 Å². The lowest BCUT2D eigenvalue weighted by atomic mass is 9.95. The van der Waals surface area contributed by atoms with Crippen LogP contribution in [0.5, 0.6) is 0 Å². The number of nitrogens with zero attached hydrogens (tertiary/aromatic N) is 3. The van der Waals surface area contributed by atoms with Crippen molar-refractivity contribution >= 4 is 28.9 Å². The Morgan fingerprint density at radius 2 is 1.93 bits per heavy atom. The van der Waals surface area contributed by atoms with E-state index in [-0.39, 0.29) is 18.0 Å². The fourth-order valence-corrected chi connectivity index (χ4v) is 4.62. The fourth-order valence-electron chi connectivity index (χ4n) is 3.85. The van der Waals surface area contributed by atoms with Crippen LogP contribution in [0.4, 0.5) is 0 Å². The van der Waals surface area contributed by atoms with E-state index < -0.39 is 12.7 Å². The van der Waals surface area contributed by atoms with Crippen molar-refractivity contribution in [2.75, 3.05) is 12.9 Å². The molecule has 0 saturated heterocycles. The van der Waals surface area contributed by atoms with E-state index in [9.17, 15) is 15.0 Å². The minimum Gasteiger partial charge on any atom is -0.394 e. The van der Waals surface area contributed by atoms with Gasteiger partial charge in [-0.1, -0.05) is 25.4 Å². The summed E-state index contributed by atoms with van der Waals surface area (Å²) >= 11 is 8.11. The monoisotopic (exact) mass is 449 g/mol. The molecule has 0 amide bonds. The van der Waals surface area contributed by atoms with E-state index >= 15 is 0 Å². The molecular weight excluding hydrogens is 422 g/mol. The standard InChI is InChI=1S/C22H28ClN3O3S/c1-5-14(6-2)18-9-13(3)26-20(18)22(29)25(11-15(28)12-27)21(24-26)17-8-7-16(30-4)10-19(17)23/h7-10,14-15,27-28H,5-6,11-12H2,1-4H3/t15-/m0/s1. The molecule has 1 aromatic carbocycles. The molecule has 0 saturated carbocycles. The first-order chi connectivity index (χ1) is 14.4. The fraction of sp³-hybridized carbons (Fsp3) is 0.455. The van der Waals surface area contributed by atoms with Crippen molar-refractivity contribution in [1.29, 1.82) is 0 Å². The normalized spacial score (nSPS) is 12.8. The van der Waals surface area contributed by atoms with Crippen LogP contribution in [-0.4, -0.2) is 43.4 Å². The molecule has 1 atom stereocenters. The number of thioether (sulfide) groups is 1. The van der Waals surface area contributed by atoms with Crippen LogP contribution < -0.4 is 5.56 Å². The molecule has 3 aromatic rings. The lowest BCUT2D eigenvalue weighted by Gasteiger charge is -2.18. The Morgan fingerprint density at radius 3 is 2.50 bits per heavy atom. The van der Waals surface area contributed by atoms with Gasteiger partial charge < -0.3 is 10.2 Å². The molecular formula is C22H28ClN3O3S. The maximum Gasteiger partial charge on any atom is 0.278 e. The van der Waals surface area contributed by atoms with E-state index in [0.717, 1.165) is 29.0 Å². The van der Waals surface area contributed by atoms with Crippen LogP contribution in [0.15, 0.2) is 34.0 Å². The van der Waals surface area contributed by atoms with Gasteiger partial charge in [0.15, 0.2) is 5.82 Å². The van der Waals surface area contributed by atoms with Crippen molar-refractivity contribution in [3.8, 4) is 11.4 Å². The summed E-state index contributed by atoms with van der Waals surface area (Å²) in [6, 6.07) is 7.62. The smallest absolute Gasteiger partial charge is 0.278 e. The molecule has 30 heavy (non-hydrogen) atoms. The second-order valence-electron chi connectivity index (χ2n) is 7.44. The topological polar surface area (TPSA) is 79.8 Å². The number of hydrogen-bond donors (Lipinski definition) is 2. The van der Waals surface area contributed by atoms with Crippen molar-refractivity contribution in [2.24, 2.45) is 0 Å². The molecule has 2 N–H and O–H groups in total. The first-order valence-corrected chi connectivity index (χ1v) is 11.7. The molecule has 162 valence electrons. The van der Waals surface area contributed by atoms with E-state index in [1.165, 1.54) is 4.57 Å². The zero-order valence-electron chi connectivity index (χ0n) is 17.7. The van der Waals surface area contributed by atoms with Crippen LogP contribution in [0.3, 0.4) is 0 Å². The summed E-state index contributed by atoms with van der Waals surface area (Å²) in [5.41, 5.74) is 2.73. The van der Waals surface area contributed by atoms with Crippen molar-refractivity contribution in [3.63, 3.8) is 0 Å². The van der Waals surface area contributed by atoms with Gasteiger partial charge in [-0.3, -0.25) is 9.36 Å². The summed E-state index contributed by atoms with van der Waals surface area (Å²) in [6.07, 6.45) is 2.71. The highest BCUT2D eigenvalue weighted by Crippen LogP contribution is 2.32.